The van der Waals surface area contributed by atoms with Gasteiger partial charge in [0.25, 0.3) is 5.91 Å². The van der Waals surface area contributed by atoms with Gasteiger partial charge in [-0.1, -0.05) is 0 Å². The van der Waals surface area contributed by atoms with E-state index in [1.807, 2.05) is 13.8 Å². The Hall–Kier alpha value is -1.88. The number of benzene rings is 1. The van der Waals surface area contributed by atoms with E-state index in [0.717, 1.165) is 0 Å². The van der Waals surface area contributed by atoms with Gasteiger partial charge in [0.1, 0.15) is 18.2 Å². The molecule has 0 aromatic heterocycles. The molecule has 4 nitrogen and oxygen atoms in total. The molecule has 0 atom stereocenters. The minimum absolute atomic E-state index is 0.0823. The summed E-state index contributed by atoms with van der Waals surface area (Å²) >= 11 is 0. The molecule has 3 N–H and O–H groups in total. The predicted molar refractivity (Wildman–Crippen MR) is 72.8 cm³/mol. The van der Waals surface area contributed by atoms with E-state index in [1.54, 1.807) is 24.3 Å². The van der Waals surface area contributed by atoms with Crippen LogP contribution in [0.3, 0.4) is 0 Å². The van der Waals surface area contributed by atoms with E-state index in [2.05, 4.69) is 5.32 Å². The predicted octanol–water partition coefficient (Wildman–Crippen LogP) is 2.02. The number of halogens is 1. The van der Waals surface area contributed by atoms with Crippen LogP contribution in [0.1, 0.15) is 24.2 Å². The Morgan fingerprint density at radius 1 is 1.42 bits per heavy atom. The van der Waals surface area contributed by atoms with E-state index in [-0.39, 0.29) is 25.1 Å². The van der Waals surface area contributed by atoms with E-state index in [0.29, 0.717) is 11.3 Å². The van der Waals surface area contributed by atoms with E-state index < -0.39 is 5.83 Å². The van der Waals surface area contributed by atoms with Gasteiger partial charge in [0.05, 0.1) is 0 Å². The fourth-order valence-corrected chi connectivity index (χ4v) is 1.39. The number of hydrogen-bond acceptors (Lipinski definition) is 3. The number of hydrogen-bond donors (Lipinski definition) is 2. The molecule has 0 bridgehead atoms. The van der Waals surface area contributed by atoms with Crippen molar-refractivity contribution in [1.29, 1.82) is 0 Å². The summed E-state index contributed by atoms with van der Waals surface area (Å²) in [6.07, 6.45) is 1.25. The lowest BCUT2D eigenvalue weighted by molar-refractivity contribution is 0.0943. The van der Waals surface area contributed by atoms with E-state index >= 15 is 0 Å². The molecule has 0 aliphatic carbocycles. The average molecular weight is 266 g/mol. The number of ether oxygens (including phenoxy) is 1. The lowest BCUT2D eigenvalue weighted by Gasteiger charge is -2.09. The molecule has 0 saturated heterocycles. The number of rotatable bonds is 6. The highest BCUT2D eigenvalue weighted by Crippen LogP contribution is 2.13. The van der Waals surface area contributed by atoms with Crippen LogP contribution in [0.25, 0.3) is 0 Å². The van der Waals surface area contributed by atoms with Crippen LogP contribution < -0.4 is 15.8 Å². The molecule has 0 unspecified atom stereocenters. The average Bonchev–Trinajstić information content (AvgIpc) is 2.36. The Balaban J connectivity index is 2.57. The maximum absolute atomic E-state index is 13.0. The smallest absolute Gasteiger partial charge is 0.251 e. The molecule has 0 heterocycles. The quantitative estimate of drug-likeness (QED) is 0.828. The van der Waals surface area contributed by atoms with E-state index in [9.17, 15) is 9.18 Å². The summed E-state index contributed by atoms with van der Waals surface area (Å²) in [4.78, 5) is 11.7. The fraction of sp³-hybridized carbons (Fsp3) is 0.357. The molecule has 19 heavy (non-hydrogen) atoms. The second kappa shape index (κ2) is 7.53. The van der Waals surface area contributed by atoms with Gasteiger partial charge in [-0.3, -0.25) is 4.79 Å². The van der Waals surface area contributed by atoms with Crippen molar-refractivity contribution in [3.05, 3.63) is 41.7 Å². The zero-order valence-electron chi connectivity index (χ0n) is 11.2. The zero-order chi connectivity index (χ0) is 14.3. The van der Waals surface area contributed by atoms with Crippen LogP contribution in [0.2, 0.25) is 0 Å². The van der Waals surface area contributed by atoms with Crippen LogP contribution >= 0.6 is 0 Å². The summed E-state index contributed by atoms with van der Waals surface area (Å²) in [5.41, 5.74) is 5.72. The second-order valence-corrected chi connectivity index (χ2v) is 4.33. The summed E-state index contributed by atoms with van der Waals surface area (Å²) in [7, 11) is 0. The molecular weight excluding hydrogens is 247 g/mol. The van der Waals surface area contributed by atoms with Crippen molar-refractivity contribution in [3.8, 4) is 5.75 Å². The molecule has 104 valence electrons. The van der Waals surface area contributed by atoms with Gasteiger partial charge in [-0.25, -0.2) is 4.39 Å². The maximum atomic E-state index is 13.0. The molecule has 5 heteroatoms. The summed E-state index contributed by atoms with van der Waals surface area (Å²) in [6, 6.07) is 6.62. The third-order valence-corrected chi connectivity index (χ3v) is 2.25. The lowest BCUT2D eigenvalue weighted by Crippen LogP contribution is -2.29. The number of nitrogens with one attached hydrogen (secondary N) is 1. The Morgan fingerprint density at radius 3 is 2.58 bits per heavy atom. The molecule has 1 aromatic carbocycles. The van der Waals surface area contributed by atoms with Gasteiger partial charge in [0.15, 0.2) is 0 Å². The molecule has 0 spiro atoms. The van der Waals surface area contributed by atoms with Crippen molar-refractivity contribution in [3.63, 3.8) is 0 Å². The number of carbonyl (C=O) groups excluding carboxylic acids is 1. The van der Waals surface area contributed by atoms with Gasteiger partial charge in [-0.2, -0.15) is 0 Å². The highest BCUT2D eigenvalue weighted by atomic mass is 19.1. The first kappa shape index (κ1) is 15.2. The zero-order valence-corrected chi connectivity index (χ0v) is 11.2. The Bertz CT molecular complexity index is 441. The highest BCUT2D eigenvalue weighted by molar-refractivity contribution is 5.94. The molecule has 1 aromatic rings. The lowest BCUT2D eigenvalue weighted by atomic mass is 10.2. The summed E-state index contributed by atoms with van der Waals surface area (Å²) in [5, 5.41) is 2.78. The normalized spacial score (nSPS) is 11.5. The third kappa shape index (κ3) is 5.52. The SMILES string of the molecule is CC(C)NC(=O)c1ccc(OC/C(F)=C\CN)cc1. The van der Waals surface area contributed by atoms with Gasteiger partial charge in [-0.15, -0.1) is 0 Å². The molecule has 0 saturated carbocycles. The van der Waals surface area contributed by atoms with Crippen molar-refractivity contribution in [2.75, 3.05) is 13.2 Å². The third-order valence-electron chi connectivity index (χ3n) is 2.25. The van der Waals surface area contributed by atoms with Crippen molar-refractivity contribution < 1.29 is 13.9 Å². The van der Waals surface area contributed by atoms with Gasteiger partial charge in [0.2, 0.25) is 0 Å². The van der Waals surface area contributed by atoms with Crippen molar-refractivity contribution in [2.45, 2.75) is 19.9 Å². The first-order valence-corrected chi connectivity index (χ1v) is 6.11. The van der Waals surface area contributed by atoms with E-state index in [4.69, 9.17) is 10.5 Å². The minimum atomic E-state index is -0.413. The Labute approximate surface area is 112 Å². The summed E-state index contributed by atoms with van der Waals surface area (Å²) in [5.74, 6) is -0.0541. The molecule has 0 radical (unpaired) electrons. The van der Waals surface area contributed by atoms with Crippen LogP contribution in [-0.2, 0) is 0 Å². The molecule has 0 fully saturated rings. The standard InChI is InChI=1S/C14H19FN2O2/c1-10(2)17-14(18)11-3-5-13(6-4-11)19-9-12(15)7-8-16/h3-7,10H,8-9,16H2,1-2H3,(H,17,18)/b12-7+. The van der Waals surface area contributed by atoms with Crippen LogP contribution in [0, 0.1) is 0 Å². The number of nitrogens with two attached hydrogens (primary N) is 1. The molecule has 1 amide bonds. The monoisotopic (exact) mass is 266 g/mol. The van der Waals surface area contributed by atoms with E-state index in [1.165, 1.54) is 6.08 Å². The van der Waals surface area contributed by atoms with Gasteiger partial charge in [0, 0.05) is 18.2 Å². The second-order valence-electron chi connectivity index (χ2n) is 4.33. The van der Waals surface area contributed by atoms with Crippen LogP contribution in [0.4, 0.5) is 4.39 Å². The van der Waals surface area contributed by atoms with Crippen LogP contribution in [-0.4, -0.2) is 25.1 Å². The first-order chi connectivity index (χ1) is 9.02. The minimum Gasteiger partial charge on any atom is -0.487 e. The molecule has 0 aliphatic heterocycles. The fourth-order valence-electron chi connectivity index (χ4n) is 1.39. The highest BCUT2D eigenvalue weighted by Gasteiger charge is 2.06. The van der Waals surface area contributed by atoms with Crippen molar-refractivity contribution >= 4 is 5.91 Å². The molecule has 0 aliphatic rings. The molecule has 1 rings (SSSR count). The molecular formula is C14H19FN2O2. The van der Waals surface area contributed by atoms with Gasteiger partial charge in [-0.05, 0) is 44.2 Å². The topological polar surface area (TPSA) is 64.3 Å². The Morgan fingerprint density at radius 2 is 2.05 bits per heavy atom. The summed E-state index contributed by atoms with van der Waals surface area (Å²) < 4.78 is 18.2. The van der Waals surface area contributed by atoms with Crippen LogP contribution in [0.15, 0.2) is 36.2 Å². The largest absolute Gasteiger partial charge is 0.487 e. The Kier molecular flexibility index (Phi) is 6.02. The maximum Gasteiger partial charge on any atom is 0.251 e. The number of amides is 1. The van der Waals surface area contributed by atoms with Crippen molar-refractivity contribution in [1.82, 2.24) is 5.32 Å². The van der Waals surface area contributed by atoms with Crippen LogP contribution in [0.5, 0.6) is 5.75 Å². The van der Waals surface area contributed by atoms with Crippen molar-refractivity contribution in [2.24, 2.45) is 5.73 Å². The van der Waals surface area contributed by atoms with Gasteiger partial charge >= 0.3 is 0 Å². The summed E-state index contributed by atoms with van der Waals surface area (Å²) in [6.45, 7) is 3.77. The number of carbonyl (C=O) groups is 1. The first-order valence-electron chi connectivity index (χ1n) is 6.11. The van der Waals surface area contributed by atoms with Gasteiger partial charge < -0.3 is 15.8 Å².